The normalized spacial score (nSPS) is 12.0. The molecule has 0 radical (unpaired) electrons. The number of carbonyl (C=O) groups is 2. The molecule has 8 heteroatoms. The molecule has 0 aliphatic rings. The van der Waals surface area contributed by atoms with E-state index in [0.717, 1.165) is 0 Å². The summed E-state index contributed by atoms with van der Waals surface area (Å²) in [5.41, 5.74) is 0.482. The monoisotopic (exact) mass is 316 g/mol. The summed E-state index contributed by atoms with van der Waals surface area (Å²) < 4.78 is 1.52. The summed E-state index contributed by atoms with van der Waals surface area (Å²) >= 11 is 0. The number of carbonyl (C=O) groups excluding carboxylic acids is 2. The van der Waals surface area contributed by atoms with Crippen LogP contribution in [0.4, 0.5) is 0 Å². The van der Waals surface area contributed by atoms with E-state index < -0.39 is 0 Å². The lowest BCUT2D eigenvalue weighted by Crippen LogP contribution is -2.27. The Bertz CT molecular complexity index is 665. The van der Waals surface area contributed by atoms with Crippen molar-refractivity contribution in [1.29, 1.82) is 0 Å². The predicted molar refractivity (Wildman–Crippen MR) is 83.9 cm³/mol. The SMILES string of the molecule is CC(C)CNC(=O)c1ccc(-n2ncnc2C(C)NC=O)nc1. The van der Waals surface area contributed by atoms with Gasteiger partial charge < -0.3 is 10.6 Å². The molecule has 0 fully saturated rings. The van der Waals surface area contributed by atoms with Crippen LogP contribution in [0.3, 0.4) is 0 Å². The van der Waals surface area contributed by atoms with E-state index in [1.54, 1.807) is 19.1 Å². The second kappa shape index (κ2) is 7.48. The van der Waals surface area contributed by atoms with Crippen LogP contribution in [0.1, 0.15) is 43.0 Å². The van der Waals surface area contributed by atoms with Crippen molar-refractivity contribution < 1.29 is 9.59 Å². The number of nitrogens with zero attached hydrogens (tertiary/aromatic N) is 4. The largest absolute Gasteiger partial charge is 0.352 e. The Labute approximate surface area is 134 Å². The molecule has 0 bridgehead atoms. The fourth-order valence-corrected chi connectivity index (χ4v) is 1.94. The molecule has 2 aromatic rings. The van der Waals surface area contributed by atoms with E-state index >= 15 is 0 Å². The second-order valence-corrected chi connectivity index (χ2v) is 5.55. The minimum Gasteiger partial charge on any atom is -0.352 e. The number of hydrogen-bond acceptors (Lipinski definition) is 5. The van der Waals surface area contributed by atoms with E-state index in [2.05, 4.69) is 25.7 Å². The minimum atomic E-state index is -0.300. The molecule has 8 nitrogen and oxygen atoms in total. The molecule has 1 atom stereocenters. The Kier molecular flexibility index (Phi) is 5.40. The topological polar surface area (TPSA) is 102 Å². The summed E-state index contributed by atoms with van der Waals surface area (Å²) in [6.07, 6.45) is 3.50. The molecule has 0 aromatic carbocycles. The van der Waals surface area contributed by atoms with E-state index in [9.17, 15) is 9.59 Å². The number of aromatic nitrogens is 4. The average Bonchev–Trinajstić information content (AvgIpc) is 3.02. The minimum absolute atomic E-state index is 0.160. The molecule has 0 saturated carbocycles. The number of hydrogen-bond donors (Lipinski definition) is 2. The molecule has 0 aliphatic heterocycles. The zero-order valence-corrected chi connectivity index (χ0v) is 13.4. The van der Waals surface area contributed by atoms with Crippen LogP contribution in [0.15, 0.2) is 24.7 Å². The molecule has 2 rings (SSSR count). The molecule has 2 aromatic heterocycles. The lowest BCUT2D eigenvalue weighted by molar-refractivity contribution is -0.110. The Morgan fingerprint density at radius 2 is 2.09 bits per heavy atom. The van der Waals surface area contributed by atoms with Crippen molar-refractivity contribution >= 4 is 12.3 Å². The van der Waals surface area contributed by atoms with E-state index in [1.165, 1.54) is 17.2 Å². The molecule has 0 aliphatic carbocycles. The van der Waals surface area contributed by atoms with Crippen molar-refractivity contribution in [3.63, 3.8) is 0 Å². The Hall–Kier alpha value is -2.77. The van der Waals surface area contributed by atoms with Crippen molar-refractivity contribution in [2.24, 2.45) is 5.92 Å². The first-order valence-electron chi connectivity index (χ1n) is 7.37. The summed E-state index contributed by atoms with van der Waals surface area (Å²) in [7, 11) is 0. The maximum Gasteiger partial charge on any atom is 0.252 e. The summed E-state index contributed by atoms with van der Waals surface area (Å²) in [6.45, 7) is 6.47. The maximum atomic E-state index is 12.0. The number of pyridine rings is 1. The summed E-state index contributed by atoms with van der Waals surface area (Å²) in [4.78, 5) is 30.9. The third kappa shape index (κ3) is 4.12. The Morgan fingerprint density at radius 3 is 2.70 bits per heavy atom. The molecule has 23 heavy (non-hydrogen) atoms. The van der Waals surface area contributed by atoms with Crippen molar-refractivity contribution in [3.05, 3.63) is 36.0 Å². The fraction of sp³-hybridized carbons (Fsp3) is 0.400. The number of amides is 2. The Balaban J connectivity index is 2.16. The first kappa shape index (κ1) is 16.6. The molecule has 0 saturated heterocycles. The van der Waals surface area contributed by atoms with Crippen LogP contribution in [0.25, 0.3) is 5.82 Å². The van der Waals surface area contributed by atoms with Gasteiger partial charge in [0.15, 0.2) is 11.6 Å². The molecule has 0 spiro atoms. The average molecular weight is 316 g/mol. The highest BCUT2D eigenvalue weighted by molar-refractivity contribution is 5.93. The van der Waals surface area contributed by atoms with Gasteiger partial charge in [0, 0.05) is 12.7 Å². The van der Waals surface area contributed by atoms with Gasteiger partial charge in [-0.05, 0) is 25.0 Å². The third-order valence-corrected chi connectivity index (χ3v) is 3.18. The van der Waals surface area contributed by atoms with Crippen LogP contribution in [0.5, 0.6) is 0 Å². The molecule has 2 N–H and O–H groups in total. The van der Waals surface area contributed by atoms with Crippen LogP contribution in [0, 0.1) is 5.92 Å². The summed E-state index contributed by atoms with van der Waals surface area (Å²) in [5, 5.41) is 9.57. The van der Waals surface area contributed by atoms with Gasteiger partial charge in [0.25, 0.3) is 5.91 Å². The molecule has 2 amide bonds. The first-order chi connectivity index (χ1) is 11.0. The van der Waals surface area contributed by atoms with E-state index in [4.69, 9.17) is 0 Å². The third-order valence-electron chi connectivity index (χ3n) is 3.18. The van der Waals surface area contributed by atoms with E-state index in [-0.39, 0.29) is 11.9 Å². The number of nitrogens with one attached hydrogen (secondary N) is 2. The van der Waals surface area contributed by atoms with Gasteiger partial charge in [0.1, 0.15) is 6.33 Å². The molecule has 1 unspecified atom stereocenters. The second-order valence-electron chi connectivity index (χ2n) is 5.55. The van der Waals surface area contributed by atoms with Gasteiger partial charge in [-0.3, -0.25) is 9.59 Å². The van der Waals surface area contributed by atoms with Crippen LogP contribution >= 0.6 is 0 Å². The highest BCUT2D eigenvalue weighted by Crippen LogP contribution is 2.13. The van der Waals surface area contributed by atoms with Crippen LogP contribution in [0.2, 0.25) is 0 Å². The van der Waals surface area contributed by atoms with Crippen LogP contribution in [-0.2, 0) is 4.79 Å². The fourth-order valence-electron chi connectivity index (χ4n) is 1.94. The van der Waals surface area contributed by atoms with Gasteiger partial charge in [0.05, 0.1) is 11.6 Å². The quantitative estimate of drug-likeness (QED) is 0.738. The highest BCUT2D eigenvalue weighted by Gasteiger charge is 2.15. The standard InChI is InChI=1S/C15H20N6O2/c1-10(2)6-17-15(23)12-4-5-13(16-7-12)21-14(18-8-20-21)11(3)19-9-22/h4-5,7-11H,6H2,1-3H3,(H,17,23)(H,19,22). The van der Waals surface area contributed by atoms with Crippen molar-refractivity contribution in [2.45, 2.75) is 26.8 Å². The zero-order valence-electron chi connectivity index (χ0n) is 13.4. The predicted octanol–water partition coefficient (Wildman–Crippen LogP) is 0.855. The first-order valence-corrected chi connectivity index (χ1v) is 7.37. The zero-order chi connectivity index (χ0) is 16.8. The lowest BCUT2D eigenvalue weighted by atomic mass is 10.2. The van der Waals surface area contributed by atoms with Crippen LogP contribution in [-0.4, -0.2) is 38.6 Å². The van der Waals surface area contributed by atoms with Gasteiger partial charge in [-0.15, -0.1) is 0 Å². The summed E-state index contributed by atoms with van der Waals surface area (Å²) in [5.74, 6) is 1.31. The van der Waals surface area contributed by atoms with E-state index in [1.807, 2.05) is 13.8 Å². The van der Waals surface area contributed by atoms with E-state index in [0.29, 0.717) is 36.1 Å². The van der Waals surface area contributed by atoms with Gasteiger partial charge >= 0.3 is 0 Å². The van der Waals surface area contributed by atoms with Crippen molar-refractivity contribution in [2.75, 3.05) is 6.54 Å². The van der Waals surface area contributed by atoms with Crippen LogP contribution < -0.4 is 10.6 Å². The van der Waals surface area contributed by atoms with Gasteiger partial charge in [-0.2, -0.15) is 9.78 Å². The molecular weight excluding hydrogens is 296 g/mol. The van der Waals surface area contributed by atoms with Gasteiger partial charge in [-0.25, -0.2) is 9.97 Å². The van der Waals surface area contributed by atoms with Crippen molar-refractivity contribution in [1.82, 2.24) is 30.4 Å². The lowest BCUT2D eigenvalue weighted by Gasteiger charge is -2.11. The Morgan fingerprint density at radius 1 is 1.30 bits per heavy atom. The summed E-state index contributed by atoms with van der Waals surface area (Å²) in [6, 6.07) is 3.07. The van der Waals surface area contributed by atoms with Gasteiger partial charge in [0.2, 0.25) is 6.41 Å². The highest BCUT2D eigenvalue weighted by atomic mass is 16.1. The maximum absolute atomic E-state index is 12.0. The molecule has 2 heterocycles. The van der Waals surface area contributed by atoms with Gasteiger partial charge in [-0.1, -0.05) is 13.8 Å². The molecular formula is C15H20N6O2. The number of rotatable bonds is 7. The smallest absolute Gasteiger partial charge is 0.252 e. The van der Waals surface area contributed by atoms with Crippen molar-refractivity contribution in [3.8, 4) is 5.82 Å². The molecule has 122 valence electrons.